The molecule has 0 saturated heterocycles. The number of amides is 2. The van der Waals surface area contributed by atoms with Crippen molar-refractivity contribution in [1.29, 1.82) is 5.26 Å². The summed E-state index contributed by atoms with van der Waals surface area (Å²) in [4.78, 5) is 32.1. The van der Waals surface area contributed by atoms with Gasteiger partial charge in [-0.1, -0.05) is 42.1 Å². The SMILES string of the molecule is CCOC(=O)C1=C(CSc2nc(C)cc(C)c2C#N)N(CC)C(=O)N[C@@H]1c1ccccc1. The topological polar surface area (TPSA) is 95.3 Å². The van der Waals surface area contributed by atoms with Crippen LogP contribution in [0.1, 0.15) is 42.3 Å². The number of thioether (sulfide) groups is 1. The average molecular weight is 451 g/mol. The molecular formula is C24H26N4O3S. The Balaban J connectivity index is 2.10. The first-order valence-electron chi connectivity index (χ1n) is 10.4. The number of ether oxygens (including phenoxy) is 1. The van der Waals surface area contributed by atoms with Crippen LogP contribution in [0.5, 0.6) is 0 Å². The van der Waals surface area contributed by atoms with Gasteiger partial charge >= 0.3 is 12.0 Å². The minimum atomic E-state index is -0.621. The third-order valence-corrected chi connectivity index (χ3v) is 6.14. The quantitative estimate of drug-likeness (QED) is 0.500. The van der Waals surface area contributed by atoms with Crippen LogP contribution in [0.2, 0.25) is 0 Å². The van der Waals surface area contributed by atoms with Gasteiger partial charge in [0.15, 0.2) is 0 Å². The number of carbonyl (C=O) groups excluding carboxylic acids is 2. The number of aromatic nitrogens is 1. The first-order chi connectivity index (χ1) is 15.4. The second kappa shape index (κ2) is 10.3. The molecule has 32 heavy (non-hydrogen) atoms. The number of nitrogens with zero attached hydrogens (tertiary/aromatic N) is 3. The van der Waals surface area contributed by atoms with Gasteiger partial charge in [0.1, 0.15) is 11.1 Å². The van der Waals surface area contributed by atoms with Crippen LogP contribution in [0.25, 0.3) is 0 Å². The van der Waals surface area contributed by atoms with Crippen molar-refractivity contribution in [3.05, 3.63) is 70.1 Å². The molecule has 2 aromatic rings. The number of esters is 1. The number of urea groups is 1. The first-order valence-corrected chi connectivity index (χ1v) is 11.4. The van der Waals surface area contributed by atoms with Crippen LogP contribution in [0.3, 0.4) is 0 Å². The van der Waals surface area contributed by atoms with Crippen molar-refractivity contribution < 1.29 is 14.3 Å². The zero-order valence-electron chi connectivity index (χ0n) is 18.6. The number of pyridine rings is 1. The first kappa shape index (κ1) is 23.4. The zero-order chi connectivity index (χ0) is 23.3. The normalized spacial score (nSPS) is 15.9. The van der Waals surface area contributed by atoms with Gasteiger partial charge in [0.05, 0.1) is 23.8 Å². The number of aryl methyl sites for hydroxylation is 2. The Bertz CT molecular complexity index is 1090. The van der Waals surface area contributed by atoms with E-state index >= 15 is 0 Å². The van der Waals surface area contributed by atoms with E-state index < -0.39 is 12.0 Å². The van der Waals surface area contributed by atoms with Crippen molar-refractivity contribution in [3.63, 3.8) is 0 Å². The predicted molar refractivity (Wildman–Crippen MR) is 123 cm³/mol. The standard InChI is InChI=1S/C24H26N4O3S/c1-5-28-19(14-32-22-18(13-25)15(3)12-16(4)26-22)20(23(29)31-6-2)21(27-24(28)30)17-10-8-7-9-11-17/h7-12,21H,5-6,14H2,1-4H3,(H,27,30)/t21-/m1/s1. The lowest BCUT2D eigenvalue weighted by molar-refractivity contribution is -0.139. The third kappa shape index (κ3) is 4.78. The molecule has 1 N–H and O–H groups in total. The maximum absolute atomic E-state index is 13.1. The zero-order valence-corrected chi connectivity index (χ0v) is 19.5. The minimum Gasteiger partial charge on any atom is -0.463 e. The molecule has 1 aliphatic heterocycles. The van der Waals surface area contributed by atoms with Crippen LogP contribution in [0.4, 0.5) is 4.79 Å². The van der Waals surface area contributed by atoms with Crippen LogP contribution < -0.4 is 5.32 Å². The molecule has 0 saturated carbocycles. The van der Waals surface area contributed by atoms with Gasteiger partial charge in [0, 0.05) is 23.7 Å². The highest BCUT2D eigenvalue weighted by Gasteiger charge is 2.37. The molecule has 166 valence electrons. The number of nitrogens with one attached hydrogen (secondary N) is 1. The molecule has 0 bridgehead atoms. The number of carbonyl (C=O) groups is 2. The Morgan fingerprint density at radius 2 is 2.00 bits per heavy atom. The minimum absolute atomic E-state index is 0.224. The summed E-state index contributed by atoms with van der Waals surface area (Å²) < 4.78 is 5.37. The molecule has 3 rings (SSSR count). The lowest BCUT2D eigenvalue weighted by Gasteiger charge is -2.36. The van der Waals surface area contributed by atoms with E-state index in [9.17, 15) is 14.9 Å². The largest absolute Gasteiger partial charge is 0.463 e. The molecule has 1 aromatic carbocycles. The molecule has 0 unspecified atom stereocenters. The molecule has 0 spiro atoms. The molecule has 8 heteroatoms. The van der Waals surface area contributed by atoms with Gasteiger partial charge in [-0.3, -0.25) is 4.90 Å². The fraction of sp³-hybridized carbons (Fsp3) is 0.333. The number of hydrogen-bond donors (Lipinski definition) is 1. The molecule has 0 radical (unpaired) electrons. The predicted octanol–water partition coefficient (Wildman–Crippen LogP) is 4.27. The summed E-state index contributed by atoms with van der Waals surface area (Å²) in [6.07, 6.45) is 0. The summed E-state index contributed by atoms with van der Waals surface area (Å²) in [5.74, 6) is -0.173. The Labute approximate surface area is 192 Å². The molecule has 2 amide bonds. The highest BCUT2D eigenvalue weighted by Crippen LogP contribution is 2.35. The van der Waals surface area contributed by atoms with Crippen molar-refractivity contribution in [2.75, 3.05) is 18.9 Å². The van der Waals surface area contributed by atoms with Crippen LogP contribution in [0, 0.1) is 25.2 Å². The van der Waals surface area contributed by atoms with Crippen LogP contribution in [-0.2, 0) is 9.53 Å². The third-order valence-electron chi connectivity index (χ3n) is 5.15. The lowest BCUT2D eigenvalue weighted by atomic mass is 9.95. The summed E-state index contributed by atoms with van der Waals surface area (Å²) in [6.45, 7) is 7.96. The lowest BCUT2D eigenvalue weighted by Crippen LogP contribution is -2.49. The van der Waals surface area contributed by atoms with Crippen LogP contribution in [0.15, 0.2) is 52.7 Å². The Morgan fingerprint density at radius 1 is 1.28 bits per heavy atom. The summed E-state index contributed by atoms with van der Waals surface area (Å²) in [5.41, 5.74) is 3.91. The molecule has 1 atom stereocenters. The van der Waals surface area contributed by atoms with E-state index in [1.165, 1.54) is 11.8 Å². The fourth-order valence-electron chi connectivity index (χ4n) is 3.72. The van der Waals surface area contributed by atoms with Gasteiger partial charge in [-0.15, -0.1) is 0 Å². The summed E-state index contributed by atoms with van der Waals surface area (Å²) in [6, 6.07) is 12.5. The Morgan fingerprint density at radius 3 is 2.62 bits per heavy atom. The number of hydrogen-bond acceptors (Lipinski definition) is 6. The van der Waals surface area contributed by atoms with E-state index in [1.54, 1.807) is 11.8 Å². The van der Waals surface area contributed by atoms with Gasteiger partial charge in [0.25, 0.3) is 0 Å². The second-order valence-electron chi connectivity index (χ2n) is 7.28. The molecule has 1 aromatic heterocycles. The fourth-order valence-corrected chi connectivity index (χ4v) is 4.86. The van der Waals surface area contributed by atoms with E-state index in [4.69, 9.17) is 4.74 Å². The highest BCUT2D eigenvalue weighted by molar-refractivity contribution is 7.99. The summed E-state index contributed by atoms with van der Waals surface area (Å²) in [5, 5.41) is 13.1. The summed E-state index contributed by atoms with van der Waals surface area (Å²) in [7, 11) is 0. The molecule has 7 nitrogen and oxygen atoms in total. The maximum atomic E-state index is 13.1. The number of nitriles is 1. The van der Waals surface area contributed by atoms with Crippen molar-refractivity contribution in [2.45, 2.75) is 38.8 Å². The molecule has 2 heterocycles. The molecule has 1 aliphatic rings. The maximum Gasteiger partial charge on any atom is 0.338 e. The van der Waals surface area contributed by atoms with E-state index in [1.807, 2.05) is 57.2 Å². The van der Waals surface area contributed by atoms with Crippen LogP contribution >= 0.6 is 11.8 Å². The number of rotatable bonds is 7. The van der Waals surface area contributed by atoms with E-state index in [0.29, 0.717) is 34.2 Å². The van der Waals surface area contributed by atoms with Gasteiger partial charge in [0.2, 0.25) is 0 Å². The van der Waals surface area contributed by atoms with Crippen molar-refractivity contribution >= 4 is 23.8 Å². The van der Waals surface area contributed by atoms with Crippen LogP contribution in [-0.4, -0.2) is 40.8 Å². The van der Waals surface area contributed by atoms with E-state index in [0.717, 1.165) is 16.8 Å². The van der Waals surface area contributed by atoms with E-state index in [2.05, 4.69) is 16.4 Å². The molecular weight excluding hydrogens is 424 g/mol. The number of benzene rings is 1. The van der Waals surface area contributed by atoms with Crippen molar-refractivity contribution in [1.82, 2.24) is 15.2 Å². The average Bonchev–Trinajstić information content (AvgIpc) is 2.77. The summed E-state index contributed by atoms with van der Waals surface area (Å²) >= 11 is 1.34. The highest BCUT2D eigenvalue weighted by atomic mass is 32.2. The van der Waals surface area contributed by atoms with Crippen molar-refractivity contribution in [3.8, 4) is 6.07 Å². The van der Waals surface area contributed by atoms with Gasteiger partial charge in [-0.25, -0.2) is 14.6 Å². The van der Waals surface area contributed by atoms with E-state index in [-0.39, 0.29) is 12.6 Å². The molecule has 0 fully saturated rings. The smallest absolute Gasteiger partial charge is 0.338 e. The van der Waals surface area contributed by atoms with Gasteiger partial charge < -0.3 is 10.1 Å². The Kier molecular flexibility index (Phi) is 7.54. The Hall–Kier alpha value is -3.31. The van der Waals surface area contributed by atoms with Gasteiger partial charge in [-0.2, -0.15) is 5.26 Å². The van der Waals surface area contributed by atoms with Gasteiger partial charge in [-0.05, 0) is 44.9 Å². The monoisotopic (exact) mass is 450 g/mol. The second-order valence-corrected chi connectivity index (χ2v) is 8.24. The molecule has 0 aliphatic carbocycles. The van der Waals surface area contributed by atoms with Crippen molar-refractivity contribution in [2.24, 2.45) is 0 Å².